The van der Waals surface area contributed by atoms with E-state index in [9.17, 15) is 5.02 Å². The van der Waals surface area contributed by atoms with Crippen molar-refractivity contribution in [2.24, 2.45) is 0 Å². The zero-order valence-corrected chi connectivity index (χ0v) is 16.6. The van der Waals surface area contributed by atoms with Crippen LogP contribution in [0.25, 0.3) is 40.3 Å². The molecule has 0 spiro atoms. The van der Waals surface area contributed by atoms with Crippen molar-refractivity contribution in [3.8, 4) is 0 Å². The zero-order chi connectivity index (χ0) is 18.7. The van der Waals surface area contributed by atoms with E-state index >= 15 is 0 Å². The third-order valence-corrected chi connectivity index (χ3v) is 7.93. The Labute approximate surface area is 170 Å². The summed E-state index contributed by atoms with van der Waals surface area (Å²) in [6.07, 6.45) is 0. The van der Waals surface area contributed by atoms with Gasteiger partial charge in [0, 0.05) is 29.6 Å². The standard InChI is InChI=1S/C24H15BOS2/c26-25(19-11-5-9-17-15-7-1-3-13-21(15)27-23(17)19)20-12-6-10-18-16-8-2-4-14-22(16)28-24(18)20/h1-14,26H. The SMILES string of the molecule is OB(c1cccc2c1sc1ccccc12)c1cccc2c1sc1ccccc12. The molecule has 1 N–H and O–H groups in total. The van der Waals surface area contributed by atoms with E-state index in [1.807, 2.05) is 0 Å². The average Bonchev–Trinajstić information content (AvgIpc) is 3.31. The number of fused-ring (bicyclic) bond motifs is 6. The molecule has 2 aromatic heterocycles. The van der Waals surface area contributed by atoms with Crippen molar-refractivity contribution < 1.29 is 5.02 Å². The highest BCUT2D eigenvalue weighted by atomic mass is 32.1. The summed E-state index contributed by atoms with van der Waals surface area (Å²) >= 11 is 3.53. The van der Waals surface area contributed by atoms with Gasteiger partial charge in [-0.1, -0.05) is 72.8 Å². The summed E-state index contributed by atoms with van der Waals surface area (Å²) in [5.41, 5.74) is 1.98. The Morgan fingerprint density at radius 2 is 0.929 bits per heavy atom. The maximum Gasteiger partial charge on any atom is 0.361 e. The predicted molar refractivity (Wildman–Crippen MR) is 126 cm³/mol. The molecule has 28 heavy (non-hydrogen) atoms. The normalized spacial score (nSPS) is 11.8. The van der Waals surface area contributed by atoms with E-state index in [0.29, 0.717) is 0 Å². The van der Waals surface area contributed by atoms with Gasteiger partial charge in [0.2, 0.25) is 0 Å². The molecule has 0 aliphatic heterocycles. The van der Waals surface area contributed by atoms with Crippen LogP contribution >= 0.6 is 22.7 Å². The number of thiophene rings is 2. The second kappa shape index (κ2) is 6.18. The van der Waals surface area contributed by atoms with Crippen LogP contribution in [0.1, 0.15) is 0 Å². The Balaban J connectivity index is 1.62. The molecule has 1 nitrogen and oxygen atoms in total. The highest BCUT2D eigenvalue weighted by Crippen LogP contribution is 2.34. The minimum absolute atomic E-state index is 0.645. The molecule has 0 atom stereocenters. The van der Waals surface area contributed by atoms with Crippen molar-refractivity contribution in [2.45, 2.75) is 0 Å². The maximum atomic E-state index is 11.5. The Hall–Kier alpha value is -2.66. The lowest BCUT2D eigenvalue weighted by atomic mass is 9.55. The largest absolute Gasteiger partial charge is 0.443 e. The molecule has 6 rings (SSSR count). The van der Waals surface area contributed by atoms with E-state index in [0.717, 1.165) is 10.9 Å². The van der Waals surface area contributed by atoms with Gasteiger partial charge in [-0.3, -0.25) is 0 Å². The fourth-order valence-electron chi connectivity index (χ4n) is 4.14. The van der Waals surface area contributed by atoms with E-state index in [4.69, 9.17) is 0 Å². The molecule has 0 saturated carbocycles. The van der Waals surface area contributed by atoms with Gasteiger partial charge in [-0.2, -0.15) is 0 Å². The first-order valence-electron chi connectivity index (χ1n) is 9.29. The summed E-state index contributed by atoms with van der Waals surface area (Å²) in [4.78, 5) is 0. The fraction of sp³-hybridized carbons (Fsp3) is 0. The second-order valence-electron chi connectivity index (χ2n) is 7.05. The predicted octanol–water partition coefficient (Wildman–Crippen LogP) is 5.52. The van der Waals surface area contributed by atoms with Gasteiger partial charge in [0.15, 0.2) is 0 Å². The molecule has 0 radical (unpaired) electrons. The molecule has 0 aliphatic rings. The van der Waals surface area contributed by atoms with Gasteiger partial charge in [-0.25, -0.2) is 0 Å². The van der Waals surface area contributed by atoms with Gasteiger partial charge in [0.05, 0.1) is 0 Å². The first-order chi connectivity index (χ1) is 13.8. The second-order valence-corrected chi connectivity index (χ2v) is 9.15. The van der Waals surface area contributed by atoms with Gasteiger partial charge in [-0.15, -0.1) is 22.7 Å². The molecule has 0 aliphatic carbocycles. The van der Waals surface area contributed by atoms with E-state index in [1.165, 1.54) is 40.3 Å². The van der Waals surface area contributed by atoms with Crippen molar-refractivity contribution in [3.63, 3.8) is 0 Å². The smallest absolute Gasteiger partial charge is 0.361 e. The molecule has 6 aromatic rings. The van der Waals surface area contributed by atoms with Crippen molar-refractivity contribution in [1.82, 2.24) is 0 Å². The van der Waals surface area contributed by atoms with Crippen molar-refractivity contribution in [3.05, 3.63) is 84.9 Å². The monoisotopic (exact) mass is 394 g/mol. The molecule has 132 valence electrons. The van der Waals surface area contributed by atoms with Crippen molar-refractivity contribution in [2.75, 3.05) is 0 Å². The first kappa shape index (κ1) is 16.3. The molecule has 0 amide bonds. The summed E-state index contributed by atoms with van der Waals surface area (Å²) in [5.74, 6) is 0. The maximum absolute atomic E-state index is 11.5. The van der Waals surface area contributed by atoms with Gasteiger partial charge in [-0.05, 0) is 33.8 Å². The van der Waals surface area contributed by atoms with Crippen molar-refractivity contribution in [1.29, 1.82) is 0 Å². The molecular weight excluding hydrogens is 379 g/mol. The van der Waals surface area contributed by atoms with Crippen LogP contribution in [0.15, 0.2) is 84.9 Å². The fourth-order valence-corrected chi connectivity index (χ4v) is 6.62. The first-order valence-corrected chi connectivity index (χ1v) is 10.9. The summed E-state index contributed by atoms with van der Waals surface area (Å²) in [6.45, 7) is -0.645. The van der Waals surface area contributed by atoms with Gasteiger partial charge in [0.25, 0.3) is 0 Å². The average molecular weight is 394 g/mol. The highest BCUT2D eigenvalue weighted by molar-refractivity contribution is 7.28. The number of hydrogen-bond acceptors (Lipinski definition) is 3. The van der Waals surface area contributed by atoms with Gasteiger partial charge >= 0.3 is 6.92 Å². The van der Waals surface area contributed by atoms with Gasteiger partial charge in [0.1, 0.15) is 0 Å². The molecule has 4 heteroatoms. The van der Waals surface area contributed by atoms with Crippen LogP contribution in [0, 0.1) is 0 Å². The summed E-state index contributed by atoms with van der Waals surface area (Å²) < 4.78 is 4.87. The Morgan fingerprint density at radius 1 is 0.500 bits per heavy atom. The number of hydrogen-bond donors (Lipinski definition) is 1. The third kappa shape index (κ3) is 2.29. The van der Waals surface area contributed by atoms with Crippen molar-refractivity contribution >= 4 is 80.9 Å². The van der Waals surface area contributed by atoms with Crippen LogP contribution in [-0.4, -0.2) is 11.9 Å². The quantitative estimate of drug-likeness (QED) is 0.384. The van der Waals surface area contributed by atoms with Crippen LogP contribution in [0.3, 0.4) is 0 Å². The Kier molecular flexibility index (Phi) is 3.60. The third-order valence-electron chi connectivity index (χ3n) is 5.46. The van der Waals surface area contributed by atoms with E-state index < -0.39 is 6.92 Å². The van der Waals surface area contributed by atoms with Crippen LogP contribution < -0.4 is 10.9 Å². The Morgan fingerprint density at radius 3 is 1.43 bits per heavy atom. The zero-order valence-electron chi connectivity index (χ0n) is 14.9. The molecular formula is C24H15BOS2. The van der Waals surface area contributed by atoms with Crippen LogP contribution in [0.2, 0.25) is 0 Å². The minimum Gasteiger partial charge on any atom is -0.443 e. The number of benzene rings is 4. The molecule has 0 fully saturated rings. The molecule has 4 aromatic carbocycles. The van der Waals surface area contributed by atoms with Gasteiger partial charge < -0.3 is 5.02 Å². The minimum atomic E-state index is -0.645. The molecule has 2 heterocycles. The van der Waals surface area contributed by atoms with Crippen LogP contribution in [-0.2, 0) is 0 Å². The summed E-state index contributed by atoms with van der Waals surface area (Å²) in [6, 6.07) is 29.5. The lowest BCUT2D eigenvalue weighted by molar-refractivity contribution is 0.601. The van der Waals surface area contributed by atoms with E-state index in [1.54, 1.807) is 22.7 Å². The molecule has 0 unspecified atom stereocenters. The lowest BCUT2D eigenvalue weighted by Gasteiger charge is -2.10. The molecule has 0 bridgehead atoms. The highest BCUT2D eigenvalue weighted by Gasteiger charge is 2.24. The topological polar surface area (TPSA) is 20.2 Å². The van der Waals surface area contributed by atoms with Crippen LogP contribution in [0.4, 0.5) is 0 Å². The van der Waals surface area contributed by atoms with E-state index in [-0.39, 0.29) is 0 Å². The number of rotatable bonds is 2. The summed E-state index contributed by atoms with van der Waals surface area (Å²) in [5, 5.41) is 16.4. The molecule has 0 saturated heterocycles. The lowest BCUT2D eigenvalue weighted by Crippen LogP contribution is -2.42. The summed E-state index contributed by atoms with van der Waals surface area (Å²) in [7, 11) is 0. The van der Waals surface area contributed by atoms with Crippen LogP contribution in [0.5, 0.6) is 0 Å². The Bertz CT molecular complexity index is 1380. The van der Waals surface area contributed by atoms with E-state index in [2.05, 4.69) is 84.9 Å².